The lowest BCUT2D eigenvalue weighted by atomic mass is 9.98. The van der Waals surface area contributed by atoms with Gasteiger partial charge in [-0.3, -0.25) is 4.79 Å². The molecule has 2 aromatic rings. The highest BCUT2D eigenvalue weighted by Gasteiger charge is 2.19. The Morgan fingerprint density at radius 3 is 2.50 bits per heavy atom. The van der Waals surface area contributed by atoms with Crippen LogP contribution >= 0.6 is 11.8 Å². The highest BCUT2D eigenvalue weighted by atomic mass is 32.2. The van der Waals surface area contributed by atoms with E-state index in [-0.39, 0.29) is 11.0 Å². The van der Waals surface area contributed by atoms with Crippen LogP contribution in [0.5, 0.6) is 5.75 Å². The molecule has 4 nitrogen and oxygen atoms in total. The molecule has 0 amide bonds. The summed E-state index contributed by atoms with van der Waals surface area (Å²) < 4.78 is 5.08. The largest absolute Gasteiger partial charge is 0.497 e. The molecule has 0 aromatic heterocycles. The summed E-state index contributed by atoms with van der Waals surface area (Å²) in [5, 5.41) is 8.80. The van der Waals surface area contributed by atoms with Crippen LogP contribution < -0.4 is 10.5 Å². The number of para-hydroxylation sites is 1. The summed E-state index contributed by atoms with van der Waals surface area (Å²) >= 11 is 1.39. The average Bonchev–Trinajstić information content (AvgIpc) is 2.57. The Hall–Kier alpha value is -2.45. The molecule has 1 atom stereocenters. The highest BCUT2D eigenvalue weighted by molar-refractivity contribution is 7.99. The minimum absolute atomic E-state index is 0.167. The first-order chi connectivity index (χ1) is 10.6. The SMILES string of the molecule is COc1ccc(C(=O)c2cccc(C(C#N)SC)c2N)cc1. The van der Waals surface area contributed by atoms with Crippen molar-refractivity contribution < 1.29 is 9.53 Å². The van der Waals surface area contributed by atoms with Gasteiger partial charge in [-0.2, -0.15) is 5.26 Å². The van der Waals surface area contributed by atoms with E-state index in [1.807, 2.05) is 6.26 Å². The summed E-state index contributed by atoms with van der Waals surface area (Å²) in [7, 11) is 1.57. The average molecular weight is 312 g/mol. The van der Waals surface area contributed by atoms with Crippen molar-refractivity contribution in [3.8, 4) is 11.8 Å². The van der Waals surface area contributed by atoms with E-state index >= 15 is 0 Å². The third-order valence-corrected chi connectivity index (χ3v) is 4.20. The first-order valence-electron chi connectivity index (χ1n) is 6.62. The number of thioether (sulfide) groups is 1. The number of methoxy groups -OCH3 is 1. The smallest absolute Gasteiger partial charge is 0.195 e. The molecule has 2 rings (SSSR count). The Labute approximate surface area is 133 Å². The third kappa shape index (κ3) is 3.07. The monoisotopic (exact) mass is 312 g/mol. The summed E-state index contributed by atoms with van der Waals surface area (Å²) in [6.07, 6.45) is 1.84. The molecule has 0 fully saturated rings. The minimum Gasteiger partial charge on any atom is -0.497 e. The third-order valence-electron chi connectivity index (χ3n) is 3.37. The van der Waals surface area contributed by atoms with Gasteiger partial charge in [0.2, 0.25) is 0 Å². The molecule has 0 saturated carbocycles. The van der Waals surface area contributed by atoms with Gasteiger partial charge in [-0.15, -0.1) is 11.8 Å². The van der Waals surface area contributed by atoms with Crippen molar-refractivity contribution >= 4 is 23.2 Å². The molecule has 0 heterocycles. The zero-order valence-corrected chi connectivity index (χ0v) is 13.2. The van der Waals surface area contributed by atoms with Gasteiger partial charge >= 0.3 is 0 Å². The van der Waals surface area contributed by atoms with Gasteiger partial charge in [0.25, 0.3) is 0 Å². The van der Waals surface area contributed by atoms with Crippen molar-refractivity contribution in [2.24, 2.45) is 0 Å². The van der Waals surface area contributed by atoms with Crippen LogP contribution in [0.15, 0.2) is 42.5 Å². The molecule has 112 valence electrons. The summed E-state index contributed by atoms with van der Waals surface area (Å²) in [5.74, 6) is 0.519. The number of nitrogen functional groups attached to an aromatic ring is 1. The number of hydrogen-bond donors (Lipinski definition) is 1. The quantitative estimate of drug-likeness (QED) is 0.676. The van der Waals surface area contributed by atoms with E-state index in [0.717, 1.165) is 0 Å². The van der Waals surface area contributed by atoms with Gasteiger partial charge in [-0.1, -0.05) is 12.1 Å². The number of nitriles is 1. The molecular formula is C17H16N2O2S. The Morgan fingerprint density at radius 1 is 1.27 bits per heavy atom. The van der Waals surface area contributed by atoms with Crippen LogP contribution in [0.3, 0.4) is 0 Å². The number of ketones is 1. The number of nitrogens with zero attached hydrogens (tertiary/aromatic N) is 1. The number of hydrogen-bond acceptors (Lipinski definition) is 5. The zero-order chi connectivity index (χ0) is 16.1. The molecule has 0 bridgehead atoms. The Balaban J connectivity index is 2.41. The summed E-state index contributed by atoms with van der Waals surface area (Å²) in [5.41, 5.74) is 8.10. The summed E-state index contributed by atoms with van der Waals surface area (Å²) in [6, 6.07) is 14.3. The molecule has 1 unspecified atom stereocenters. The second kappa shape index (κ2) is 7.01. The number of ether oxygens (including phenoxy) is 1. The predicted octanol–water partition coefficient (Wildman–Crippen LogP) is 3.44. The van der Waals surface area contributed by atoms with Crippen LogP contribution in [-0.4, -0.2) is 19.1 Å². The molecule has 2 N–H and O–H groups in total. The van der Waals surface area contributed by atoms with Crippen LogP contribution in [0, 0.1) is 11.3 Å². The number of carbonyl (C=O) groups excluding carboxylic acids is 1. The van der Waals surface area contributed by atoms with Crippen molar-refractivity contribution in [2.75, 3.05) is 19.1 Å². The molecule has 0 aliphatic carbocycles. The summed E-state index contributed by atoms with van der Waals surface area (Å²) in [6.45, 7) is 0. The van der Waals surface area contributed by atoms with Crippen molar-refractivity contribution in [3.63, 3.8) is 0 Å². The normalized spacial score (nSPS) is 11.5. The minimum atomic E-state index is -0.386. The number of anilines is 1. The predicted molar refractivity (Wildman–Crippen MR) is 89.1 cm³/mol. The fraction of sp³-hybridized carbons (Fsp3) is 0.176. The van der Waals surface area contributed by atoms with Crippen molar-refractivity contribution in [3.05, 3.63) is 59.2 Å². The maximum atomic E-state index is 12.6. The van der Waals surface area contributed by atoms with Gasteiger partial charge in [0.15, 0.2) is 5.78 Å². The number of carbonyl (C=O) groups is 1. The van der Waals surface area contributed by atoms with E-state index in [9.17, 15) is 10.1 Å². The maximum absolute atomic E-state index is 12.6. The first-order valence-corrected chi connectivity index (χ1v) is 7.90. The standard InChI is InChI=1S/C17H16N2O2S/c1-21-12-8-6-11(7-9-12)17(20)14-5-3-4-13(16(14)19)15(10-18)22-2/h3-9,15H,19H2,1-2H3. The fourth-order valence-corrected chi connectivity index (χ4v) is 2.72. The molecule has 5 heteroatoms. The molecule has 2 aromatic carbocycles. The topological polar surface area (TPSA) is 76.1 Å². The van der Waals surface area contributed by atoms with E-state index in [0.29, 0.717) is 28.1 Å². The van der Waals surface area contributed by atoms with E-state index in [4.69, 9.17) is 10.5 Å². The van der Waals surface area contributed by atoms with Crippen LogP contribution in [0.1, 0.15) is 26.7 Å². The van der Waals surface area contributed by atoms with E-state index < -0.39 is 0 Å². The molecule has 0 radical (unpaired) electrons. The van der Waals surface area contributed by atoms with Crippen LogP contribution in [0.4, 0.5) is 5.69 Å². The Kier molecular flexibility index (Phi) is 5.08. The van der Waals surface area contributed by atoms with Crippen molar-refractivity contribution in [2.45, 2.75) is 5.25 Å². The lowest BCUT2D eigenvalue weighted by molar-refractivity contribution is 0.103. The van der Waals surface area contributed by atoms with Gasteiger partial charge < -0.3 is 10.5 Å². The van der Waals surface area contributed by atoms with Crippen LogP contribution in [0.2, 0.25) is 0 Å². The van der Waals surface area contributed by atoms with Crippen LogP contribution in [-0.2, 0) is 0 Å². The van der Waals surface area contributed by atoms with Crippen LogP contribution in [0.25, 0.3) is 0 Å². The van der Waals surface area contributed by atoms with Gasteiger partial charge in [0, 0.05) is 22.4 Å². The Bertz CT molecular complexity index is 720. The van der Waals surface area contributed by atoms with Gasteiger partial charge in [0.1, 0.15) is 11.0 Å². The molecule has 0 spiro atoms. The molecule has 0 saturated heterocycles. The highest BCUT2D eigenvalue weighted by Crippen LogP contribution is 2.32. The second-order valence-electron chi connectivity index (χ2n) is 4.61. The molecular weight excluding hydrogens is 296 g/mol. The lowest BCUT2D eigenvalue weighted by Gasteiger charge is -2.13. The van der Waals surface area contributed by atoms with Gasteiger partial charge in [-0.25, -0.2) is 0 Å². The Morgan fingerprint density at radius 2 is 1.95 bits per heavy atom. The van der Waals surface area contributed by atoms with E-state index in [1.54, 1.807) is 49.6 Å². The maximum Gasteiger partial charge on any atom is 0.195 e. The van der Waals surface area contributed by atoms with Crippen molar-refractivity contribution in [1.29, 1.82) is 5.26 Å². The molecule has 0 aliphatic rings. The molecule has 22 heavy (non-hydrogen) atoms. The second-order valence-corrected chi connectivity index (χ2v) is 5.55. The number of rotatable bonds is 5. The molecule has 0 aliphatic heterocycles. The van der Waals surface area contributed by atoms with E-state index in [1.165, 1.54) is 11.8 Å². The van der Waals surface area contributed by atoms with Gasteiger partial charge in [0.05, 0.1) is 13.2 Å². The fourth-order valence-electron chi connectivity index (χ4n) is 2.16. The van der Waals surface area contributed by atoms with Gasteiger partial charge in [-0.05, 0) is 36.6 Å². The zero-order valence-electron chi connectivity index (χ0n) is 12.4. The number of benzene rings is 2. The lowest BCUT2D eigenvalue weighted by Crippen LogP contribution is -2.08. The summed E-state index contributed by atoms with van der Waals surface area (Å²) in [4.78, 5) is 12.6. The van der Waals surface area contributed by atoms with Crippen molar-refractivity contribution in [1.82, 2.24) is 0 Å². The number of nitrogens with two attached hydrogens (primary N) is 1. The van der Waals surface area contributed by atoms with E-state index in [2.05, 4.69) is 6.07 Å². The first kappa shape index (κ1) is 15.9.